The van der Waals surface area contributed by atoms with Crippen molar-refractivity contribution in [2.45, 2.75) is 123 Å². The fraction of sp³-hybridized carbons (Fsp3) is 0.385. The molecule has 2 atom stereocenters. The van der Waals surface area contributed by atoms with Gasteiger partial charge in [-0.3, -0.25) is 43.2 Å². The number of furan rings is 1. The molecule has 3 fully saturated rings. The van der Waals surface area contributed by atoms with Crippen molar-refractivity contribution in [2.75, 3.05) is 205 Å². The molecule has 0 spiro atoms. The van der Waals surface area contributed by atoms with Gasteiger partial charge in [-0.2, -0.15) is 0 Å². The zero-order chi connectivity index (χ0) is 104. The number of likely N-dealkylation sites (tertiary alicyclic amines) is 1. The highest BCUT2D eigenvalue weighted by molar-refractivity contribution is 6.00. The van der Waals surface area contributed by atoms with Crippen LogP contribution in [0.2, 0.25) is 0 Å². The molecule has 10 aromatic rings. The second kappa shape index (κ2) is 64.6. The van der Waals surface area contributed by atoms with E-state index in [1.54, 1.807) is 79.5 Å². The summed E-state index contributed by atoms with van der Waals surface area (Å²) in [5.41, 5.74) is 14.3. The van der Waals surface area contributed by atoms with Gasteiger partial charge in [-0.15, -0.1) is 0 Å². The Labute approximate surface area is 833 Å². The van der Waals surface area contributed by atoms with Crippen LogP contribution < -0.4 is 69.1 Å². The normalized spacial score (nSPS) is 12.9. The van der Waals surface area contributed by atoms with E-state index in [1.807, 2.05) is 303 Å². The third-order valence-electron chi connectivity index (χ3n) is 22.3. The minimum Gasteiger partial charge on any atom is -0.467 e. The van der Waals surface area contributed by atoms with Gasteiger partial charge >= 0.3 is 0 Å². The summed E-state index contributed by atoms with van der Waals surface area (Å²) in [6.45, 7) is 17.2. The van der Waals surface area contributed by atoms with E-state index in [9.17, 15) is 48.3 Å². The molecule has 9 amide bonds. The number of aliphatic hydroxyl groups excluding tert-OH is 3. The fourth-order valence-electron chi connectivity index (χ4n) is 14.1. The number of piperidine rings is 1. The van der Waals surface area contributed by atoms with E-state index in [4.69, 9.17) is 19.4 Å². The number of carbonyl (C=O) groups is 9. The number of amides is 9. The summed E-state index contributed by atoms with van der Waals surface area (Å²) >= 11 is 0. The molecule has 13 rings (SSSR count). The molecule has 762 valence electrons. The first-order chi connectivity index (χ1) is 67.9. The van der Waals surface area contributed by atoms with Gasteiger partial charge in [0.15, 0.2) is 0 Å². The molecule has 2 unspecified atom stereocenters. The molecule has 1 saturated carbocycles. The molecule has 141 heavy (non-hydrogen) atoms. The fourth-order valence-corrected chi connectivity index (χ4v) is 14.1. The average molecular weight is 1940 g/mol. The van der Waals surface area contributed by atoms with Crippen LogP contribution in [-0.2, 0) is 11.3 Å². The quantitative estimate of drug-likeness (QED) is 0.0192. The lowest BCUT2D eigenvalue weighted by Gasteiger charge is -2.34. The largest absolute Gasteiger partial charge is 0.467 e. The topological polar surface area (TPSA) is 409 Å². The zero-order valence-corrected chi connectivity index (χ0v) is 85.5. The molecular formula is C109H152N18O14. The van der Waals surface area contributed by atoms with E-state index >= 15 is 0 Å². The Hall–Kier alpha value is -14.5. The van der Waals surface area contributed by atoms with Gasteiger partial charge in [0, 0.05) is 250 Å². The van der Waals surface area contributed by atoms with Crippen LogP contribution >= 0.6 is 0 Å². The van der Waals surface area contributed by atoms with Gasteiger partial charge in [-0.05, 0) is 269 Å². The molecule has 2 aliphatic heterocycles. The highest BCUT2D eigenvalue weighted by atomic mass is 16.5. The van der Waals surface area contributed by atoms with Crippen LogP contribution in [0, 0.1) is 0 Å². The van der Waals surface area contributed by atoms with Gasteiger partial charge in [0.05, 0.1) is 44.8 Å². The van der Waals surface area contributed by atoms with Crippen molar-refractivity contribution in [3.63, 3.8) is 0 Å². The van der Waals surface area contributed by atoms with Crippen molar-refractivity contribution >= 4 is 104 Å². The number of benzene rings is 9. The van der Waals surface area contributed by atoms with E-state index in [1.165, 1.54) is 11.3 Å². The smallest absolute Gasteiger partial charge is 0.254 e. The van der Waals surface area contributed by atoms with E-state index in [2.05, 4.69) is 69.1 Å². The van der Waals surface area contributed by atoms with Gasteiger partial charge < -0.3 is 118 Å². The van der Waals surface area contributed by atoms with Crippen LogP contribution in [0.4, 0.5) is 51.2 Å². The Balaban J connectivity index is 0.000000280. The molecule has 32 heteroatoms. The number of nitrogens with zero attached hydrogens (tertiary/aromatic N) is 5. The molecule has 16 N–H and O–H groups in total. The van der Waals surface area contributed by atoms with Gasteiger partial charge in [-0.1, -0.05) is 54.6 Å². The van der Waals surface area contributed by atoms with Crippen molar-refractivity contribution in [3.05, 3.63) is 293 Å². The highest BCUT2D eigenvalue weighted by Gasteiger charge is 2.28. The SMILES string of the molecule is CCN(CC)C(=O)c1cccc(NC)c1.CCN(CCO)C(=O)c1cccc(NC)c1.CNC(=O)c1cccc(NC)c1.CNc1cccc(C(=O)N(C)CCO)c1.CNc1cccc(C(=O)N(C)Cc2ccco2)c1.CNc1cccc(C(=O)N2CCCCC2CO)c1.CNc1cccc(C(=O)NC(C)(C)C)c1.CNc1cccc(C(=O)NC2CC2)c1.CNc1cccc(C(=O)NCC2CCCCO2)c1. The van der Waals surface area contributed by atoms with E-state index in [-0.39, 0.29) is 90.7 Å². The minimum atomic E-state index is -0.202. The summed E-state index contributed by atoms with van der Waals surface area (Å²) in [6.07, 6.45) is 10.4. The third kappa shape index (κ3) is 42.4. The first kappa shape index (κ1) is 117. The van der Waals surface area contributed by atoms with Crippen molar-refractivity contribution in [1.29, 1.82) is 0 Å². The summed E-state index contributed by atoms with van der Waals surface area (Å²) < 4.78 is 10.8. The number of likely N-dealkylation sites (N-methyl/N-ethyl adjacent to an activating group) is 2. The third-order valence-corrected chi connectivity index (χ3v) is 22.3. The Morgan fingerprint density at radius 3 is 1.09 bits per heavy atom. The second-order valence-corrected chi connectivity index (χ2v) is 33.8. The Morgan fingerprint density at radius 2 is 0.738 bits per heavy atom. The zero-order valence-electron chi connectivity index (χ0n) is 85.5. The maximum atomic E-state index is 12.4. The molecule has 1 aromatic heterocycles. The van der Waals surface area contributed by atoms with E-state index in [0.29, 0.717) is 77.7 Å². The number of carbonyl (C=O) groups excluding carboxylic acids is 9. The Morgan fingerprint density at radius 1 is 0.383 bits per heavy atom. The van der Waals surface area contributed by atoms with Crippen molar-refractivity contribution in [1.82, 2.24) is 45.8 Å². The van der Waals surface area contributed by atoms with Gasteiger partial charge in [-0.25, -0.2) is 0 Å². The number of nitrogens with one attached hydrogen (secondary N) is 13. The van der Waals surface area contributed by atoms with Gasteiger partial charge in [0.1, 0.15) is 5.76 Å². The lowest BCUT2D eigenvalue weighted by molar-refractivity contribution is 0.0169. The van der Waals surface area contributed by atoms with Crippen LogP contribution in [-0.4, -0.2) is 274 Å². The molecule has 0 bridgehead atoms. The molecule has 3 heterocycles. The predicted molar refractivity (Wildman–Crippen MR) is 571 cm³/mol. The average Bonchev–Trinajstić information content (AvgIpc) is 1.82. The maximum absolute atomic E-state index is 12.4. The first-order valence-corrected chi connectivity index (χ1v) is 47.9. The van der Waals surface area contributed by atoms with Crippen LogP contribution in [0.1, 0.15) is 192 Å². The summed E-state index contributed by atoms with van der Waals surface area (Å²) in [6, 6.07) is 70.9. The molecule has 32 nitrogen and oxygen atoms in total. The summed E-state index contributed by atoms with van der Waals surface area (Å²) in [5, 5.41) is 65.3. The number of ether oxygens (including phenoxy) is 1. The lowest BCUT2D eigenvalue weighted by Crippen LogP contribution is -2.45. The lowest BCUT2D eigenvalue weighted by atomic mass is 10.0. The predicted octanol–water partition coefficient (Wildman–Crippen LogP) is 15.5. The number of hydrogen-bond acceptors (Lipinski definition) is 23. The molecular weight excluding hydrogens is 1790 g/mol. The Bertz CT molecular complexity index is 5430. The minimum absolute atomic E-state index is 0.00863. The molecule has 1 aliphatic carbocycles. The van der Waals surface area contributed by atoms with Crippen LogP contribution in [0.5, 0.6) is 0 Å². The monoisotopic (exact) mass is 1940 g/mol. The van der Waals surface area contributed by atoms with Crippen LogP contribution in [0.25, 0.3) is 0 Å². The summed E-state index contributed by atoms with van der Waals surface area (Å²) in [7, 11) is 21.5. The molecule has 2 saturated heterocycles. The molecule has 9 aromatic carbocycles. The van der Waals surface area contributed by atoms with Crippen molar-refractivity contribution in [3.8, 4) is 0 Å². The highest BCUT2D eigenvalue weighted by Crippen LogP contribution is 2.25. The van der Waals surface area contributed by atoms with Crippen molar-refractivity contribution in [2.24, 2.45) is 0 Å². The number of rotatable bonds is 31. The van der Waals surface area contributed by atoms with Crippen LogP contribution in [0.15, 0.2) is 241 Å². The van der Waals surface area contributed by atoms with Gasteiger partial charge in [0.25, 0.3) is 53.2 Å². The van der Waals surface area contributed by atoms with E-state index < -0.39 is 0 Å². The molecule has 0 radical (unpaired) electrons. The number of aliphatic hydroxyl groups is 3. The second-order valence-electron chi connectivity index (χ2n) is 33.8. The van der Waals surface area contributed by atoms with Crippen molar-refractivity contribution < 1.29 is 67.6 Å². The number of anilines is 9. The maximum Gasteiger partial charge on any atom is 0.254 e. The van der Waals surface area contributed by atoms with Crippen LogP contribution in [0.3, 0.4) is 0 Å². The van der Waals surface area contributed by atoms with E-state index in [0.717, 1.165) is 139 Å². The van der Waals surface area contributed by atoms with Gasteiger partial charge in [0.2, 0.25) is 0 Å². The molecule has 3 aliphatic rings. The summed E-state index contributed by atoms with van der Waals surface area (Å²) in [4.78, 5) is 115. The first-order valence-electron chi connectivity index (χ1n) is 47.9. The standard InChI is InChI=1S/C14H16N2O2.2C14H20N2O2.C12H18N2O2.2C12H18N2O.C11H16N2O2.C11H14N2O.C9H12N2O/c1-15-12-6-3-5-11(9-12)14(17)16(2)10-13-7-4-8-18-13;1-15-12-6-4-5-11(9-12)14(17)16-10-13-7-2-3-8-18-13;1-15-12-6-4-5-11(9-12)14(18)16-8-3-2-7-13(16)10-17;1-3-14(7-8-15)12(16)10-5-4-6-11(9-10)13-2;1-12(2,3)14-11(15)9-6-5-7-10(8-9)13-4;1-4-14(5-2)12(15)10-7-6-8-11(9-10)13-3;1-12-10-5-3-4-9(8-10)11(15)13(2)6-7-14;1-12-10-4-2-3-8(7-10)11(14)13-9-5-6-9;1-10-8-5-3-4-7(6-8)9(12)11-2/h3-9,15H,10H2,1-2H3;4-6,9,13,15H,2-3,7-8,10H2,1H3,(H,16,17);4-6,9,13,15,17H,2-3,7-8,10H2,1H3;4-6,9,13,15H,3,7-8H2,1-2H3;5-8,13H,1-4H3,(H,14,15);6-9,13H,4-5H2,1-3H3;3-5,8,12,14H,6-7H2,1-2H3;2-4,7,9,12H,5-6H2,1H3,(H,13,14);3-6,10H,1-2H3,(H,11,12). The number of hydrogen-bond donors (Lipinski definition) is 16. The summed E-state index contributed by atoms with van der Waals surface area (Å²) in [5.74, 6) is 0.620. The Kier molecular flexibility index (Phi) is 53.7.